The lowest BCUT2D eigenvalue weighted by Gasteiger charge is -2.29. The van der Waals surface area contributed by atoms with E-state index in [4.69, 9.17) is 0 Å². The molecule has 1 aliphatic heterocycles. The first-order chi connectivity index (χ1) is 12.0. The average Bonchev–Trinajstić information content (AvgIpc) is 2.61. The molecule has 0 radical (unpaired) electrons. The molecule has 4 rings (SSSR count). The van der Waals surface area contributed by atoms with Gasteiger partial charge in [0, 0.05) is 17.8 Å². The number of carbonyl (C=O) groups excluding carboxylic acids is 1. The Bertz CT molecular complexity index is 1000. The first kappa shape index (κ1) is 15.7. The molecule has 1 aliphatic rings. The summed E-state index contributed by atoms with van der Waals surface area (Å²) in [4.78, 5) is 23.8. The second-order valence-corrected chi connectivity index (χ2v) is 6.43. The topological polar surface area (TPSA) is 46.1 Å². The second-order valence-electron chi connectivity index (χ2n) is 6.43. The lowest BCUT2D eigenvalue weighted by atomic mass is 10.0. The smallest absolute Gasteiger partial charge is 0.258 e. The Morgan fingerprint density at radius 1 is 1.04 bits per heavy atom. The van der Waals surface area contributed by atoms with Crippen LogP contribution in [0.2, 0.25) is 0 Å². The van der Waals surface area contributed by atoms with Crippen LogP contribution in [0.1, 0.15) is 33.7 Å². The van der Waals surface area contributed by atoms with E-state index >= 15 is 0 Å². The van der Waals surface area contributed by atoms with Crippen LogP contribution >= 0.6 is 0 Å². The van der Waals surface area contributed by atoms with Crippen LogP contribution in [0.15, 0.2) is 36.4 Å². The van der Waals surface area contributed by atoms with Crippen molar-refractivity contribution in [3.63, 3.8) is 0 Å². The number of fused-ring (bicyclic) bond motifs is 2. The van der Waals surface area contributed by atoms with Crippen LogP contribution in [-0.4, -0.2) is 22.4 Å². The quantitative estimate of drug-likeness (QED) is 0.676. The van der Waals surface area contributed by atoms with Gasteiger partial charge >= 0.3 is 0 Å². The zero-order valence-corrected chi connectivity index (χ0v) is 14.2. The van der Waals surface area contributed by atoms with Gasteiger partial charge < -0.3 is 4.90 Å². The van der Waals surface area contributed by atoms with Crippen molar-refractivity contribution in [1.29, 1.82) is 0 Å². The number of halogens is 1. The minimum atomic E-state index is -0.264. The van der Waals surface area contributed by atoms with E-state index in [0.29, 0.717) is 17.6 Å². The number of anilines is 1. The van der Waals surface area contributed by atoms with Gasteiger partial charge in [-0.25, -0.2) is 14.4 Å². The molecule has 25 heavy (non-hydrogen) atoms. The van der Waals surface area contributed by atoms with E-state index < -0.39 is 0 Å². The highest BCUT2D eigenvalue weighted by atomic mass is 19.1. The van der Waals surface area contributed by atoms with Crippen molar-refractivity contribution in [2.24, 2.45) is 0 Å². The monoisotopic (exact) mass is 335 g/mol. The minimum absolute atomic E-state index is 0.0884. The van der Waals surface area contributed by atoms with E-state index in [9.17, 15) is 9.18 Å². The molecule has 4 nitrogen and oxygen atoms in total. The lowest BCUT2D eigenvalue weighted by Crippen LogP contribution is -2.35. The standard InChI is InChI=1S/C20H18FN3O/c1-12-13(2)23-18-11-15(5-7-17(18)22-12)20(25)24-9-3-4-14-10-16(21)6-8-19(14)24/h5-8,10-11H,3-4,9H2,1-2H3. The van der Waals surface area contributed by atoms with Gasteiger partial charge in [0.2, 0.25) is 0 Å². The van der Waals surface area contributed by atoms with Gasteiger partial charge in [0.15, 0.2) is 0 Å². The first-order valence-electron chi connectivity index (χ1n) is 8.38. The maximum atomic E-state index is 13.5. The number of benzene rings is 2. The number of hydrogen-bond acceptors (Lipinski definition) is 3. The van der Waals surface area contributed by atoms with Crippen molar-refractivity contribution in [2.45, 2.75) is 26.7 Å². The molecule has 1 amide bonds. The van der Waals surface area contributed by atoms with Crippen molar-refractivity contribution >= 4 is 22.6 Å². The lowest BCUT2D eigenvalue weighted by molar-refractivity contribution is 0.0985. The predicted molar refractivity (Wildman–Crippen MR) is 95.4 cm³/mol. The Hall–Kier alpha value is -2.82. The van der Waals surface area contributed by atoms with Crippen LogP contribution in [0, 0.1) is 19.7 Å². The van der Waals surface area contributed by atoms with E-state index in [-0.39, 0.29) is 11.7 Å². The van der Waals surface area contributed by atoms with Gasteiger partial charge in [0.05, 0.1) is 22.4 Å². The van der Waals surface area contributed by atoms with Crippen LogP contribution in [0.4, 0.5) is 10.1 Å². The van der Waals surface area contributed by atoms with Crippen LogP contribution in [0.5, 0.6) is 0 Å². The molecule has 3 aromatic rings. The number of carbonyl (C=O) groups is 1. The van der Waals surface area contributed by atoms with E-state index in [0.717, 1.165) is 41.0 Å². The molecule has 0 spiro atoms. The van der Waals surface area contributed by atoms with Gasteiger partial charge in [0.25, 0.3) is 5.91 Å². The van der Waals surface area contributed by atoms with E-state index in [2.05, 4.69) is 9.97 Å². The number of aryl methyl sites for hydroxylation is 3. The molecule has 0 unspecified atom stereocenters. The van der Waals surface area contributed by atoms with Crippen molar-refractivity contribution in [2.75, 3.05) is 11.4 Å². The summed E-state index contributed by atoms with van der Waals surface area (Å²) in [7, 11) is 0. The molecule has 0 aliphatic carbocycles. The van der Waals surface area contributed by atoms with Crippen molar-refractivity contribution in [1.82, 2.24) is 9.97 Å². The van der Waals surface area contributed by atoms with Crippen LogP contribution in [0.3, 0.4) is 0 Å². The molecular formula is C20H18FN3O. The zero-order valence-electron chi connectivity index (χ0n) is 14.2. The van der Waals surface area contributed by atoms with E-state index in [1.807, 2.05) is 19.9 Å². The van der Waals surface area contributed by atoms with E-state index in [1.165, 1.54) is 12.1 Å². The summed E-state index contributed by atoms with van der Waals surface area (Å²) >= 11 is 0. The Kier molecular flexibility index (Phi) is 3.71. The van der Waals surface area contributed by atoms with Gasteiger partial charge in [-0.1, -0.05) is 0 Å². The normalized spacial score (nSPS) is 13.8. The zero-order chi connectivity index (χ0) is 17.6. The van der Waals surface area contributed by atoms with Gasteiger partial charge in [-0.3, -0.25) is 4.79 Å². The third-order valence-corrected chi connectivity index (χ3v) is 4.73. The number of nitrogens with zero attached hydrogens (tertiary/aromatic N) is 3. The summed E-state index contributed by atoms with van der Waals surface area (Å²) in [6, 6.07) is 10.0. The Morgan fingerprint density at radius 2 is 1.80 bits per heavy atom. The van der Waals surface area contributed by atoms with E-state index in [1.54, 1.807) is 23.1 Å². The fourth-order valence-corrected chi connectivity index (χ4v) is 3.30. The van der Waals surface area contributed by atoms with Gasteiger partial charge in [0.1, 0.15) is 5.82 Å². The molecule has 2 aromatic carbocycles. The average molecular weight is 335 g/mol. The molecule has 0 saturated heterocycles. The third-order valence-electron chi connectivity index (χ3n) is 4.73. The largest absolute Gasteiger partial charge is 0.308 e. The molecule has 0 saturated carbocycles. The maximum Gasteiger partial charge on any atom is 0.258 e. The molecule has 0 atom stereocenters. The number of hydrogen-bond donors (Lipinski definition) is 0. The summed E-state index contributed by atoms with van der Waals surface area (Å²) in [5.74, 6) is -0.352. The molecule has 0 N–H and O–H groups in total. The summed E-state index contributed by atoms with van der Waals surface area (Å²) in [6.07, 6.45) is 1.62. The molecule has 126 valence electrons. The maximum absolute atomic E-state index is 13.5. The highest BCUT2D eigenvalue weighted by molar-refractivity contribution is 6.08. The van der Waals surface area contributed by atoms with Crippen molar-refractivity contribution < 1.29 is 9.18 Å². The first-order valence-corrected chi connectivity index (χ1v) is 8.38. The Morgan fingerprint density at radius 3 is 2.60 bits per heavy atom. The van der Waals surface area contributed by atoms with Gasteiger partial charge in [-0.2, -0.15) is 0 Å². The fourth-order valence-electron chi connectivity index (χ4n) is 3.30. The van der Waals surface area contributed by atoms with Crippen LogP contribution in [-0.2, 0) is 6.42 Å². The Balaban J connectivity index is 1.75. The Labute approximate surface area is 145 Å². The summed E-state index contributed by atoms with van der Waals surface area (Å²) in [6.45, 7) is 4.46. The predicted octanol–water partition coefficient (Wildman–Crippen LogP) is 3.98. The van der Waals surface area contributed by atoms with Crippen LogP contribution in [0.25, 0.3) is 11.0 Å². The molecule has 0 bridgehead atoms. The second kappa shape index (κ2) is 5.92. The number of amides is 1. The van der Waals surface area contributed by atoms with Crippen molar-refractivity contribution in [3.05, 3.63) is 64.7 Å². The molecular weight excluding hydrogens is 317 g/mol. The minimum Gasteiger partial charge on any atom is -0.308 e. The molecule has 0 fully saturated rings. The highest BCUT2D eigenvalue weighted by Gasteiger charge is 2.24. The number of rotatable bonds is 1. The summed E-state index contributed by atoms with van der Waals surface area (Å²) in [5, 5.41) is 0. The van der Waals surface area contributed by atoms with Crippen molar-refractivity contribution in [3.8, 4) is 0 Å². The van der Waals surface area contributed by atoms with Crippen LogP contribution < -0.4 is 4.90 Å². The molecule has 1 aromatic heterocycles. The summed E-state index contributed by atoms with van der Waals surface area (Å²) in [5.41, 5.74) is 5.48. The molecule has 5 heteroatoms. The number of aromatic nitrogens is 2. The van der Waals surface area contributed by atoms with Gasteiger partial charge in [-0.05, 0) is 68.7 Å². The SMILES string of the molecule is Cc1nc2ccc(C(=O)N3CCCc4cc(F)ccc43)cc2nc1C. The third kappa shape index (κ3) is 2.76. The fraction of sp³-hybridized carbons (Fsp3) is 0.250. The van der Waals surface area contributed by atoms with Gasteiger partial charge in [-0.15, -0.1) is 0 Å². The highest BCUT2D eigenvalue weighted by Crippen LogP contribution is 2.29. The molecule has 2 heterocycles. The summed E-state index contributed by atoms with van der Waals surface area (Å²) < 4.78 is 13.5.